The van der Waals surface area contributed by atoms with Crippen LogP contribution < -0.4 is 10.1 Å². The number of carbonyl (C=O) groups is 2. The second-order valence-electron chi connectivity index (χ2n) is 6.41. The first-order chi connectivity index (χ1) is 14.5. The number of ether oxygens (including phenoxy) is 1. The SMILES string of the molecule is COc1ccc(C(=O)N[C@@H](CO)c2nnc(SCC(=O)c3ccccc3)n2C)cc1. The lowest BCUT2D eigenvalue weighted by Gasteiger charge is -2.16. The van der Waals surface area contributed by atoms with Crippen LogP contribution in [0.2, 0.25) is 0 Å². The number of thioether (sulfide) groups is 1. The summed E-state index contributed by atoms with van der Waals surface area (Å²) < 4.78 is 6.75. The van der Waals surface area contributed by atoms with E-state index in [1.54, 1.807) is 55.1 Å². The van der Waals surface area contributed by atoms with Gasteiger partial charge >= 0.3 is 0 Å². The molecule has 30 heavy (non-hydrogen) atoms. The van der Waals surface area contributed by atoms with Crippen molar-refractivity contribution in [1.29, 1.82) is 0 Å². The van der Waals surface area contributed by atoms with E-state index in [1.807, 2.05) is 18.2 Å². The summed E-state index contributed by atoms with van der Waals surface area (Å²) in [5.74, 6) is 0.877. The summed E-state index contributed by atoms with van der Waals surface area (Å²) in [6.07, 6.45) is 0. The fourth-order valence-corrected chi connectivity index (χ4v) is 3.58. The van der Waals surface area contributed by atoms with Gasteiger partial charge in [0, 0.05) is 18.2 Å². The van der Waals surface area contributed by atoms with Gasteiger partial charge in [0.15, 0.2) is 16.8 Å². The maximum atomic E-state index is 12.5. The minimum Gasteiger partial charge on any atom is -0.497 e. The molecule has 0 bridgehead atoms. The number of nitrogens with zero attached hydrogens (tertiary/aromatic N) is 3. The molecule has 9 heteroatoms. The molecule has 1 atom stereocenters. The van der Waals surface area contributed by atoms with E-state index >= 15 is 0 Å². The topological polar surface area (TPSA) is 106 Å². The zero-order chi connectivity index (χ0) is 21.5. The van der Waals surface area contributed by atoms with Gasteiger partial charge in [0.25, 0.3) is 5.91 Å². The number of rotatable bonds is 9. The third-order valence-electron chi connectivity index (χ3n) is 4.45. The van der Waals surface area contributed by atoms with Gasteiger partial charge in [-0.1, -0.05) is 42.1 Å². The molecule has 1 aromatic heterocycles. The number of amides is 1. The fourth-order valence-electron chi connectivity index (χ4n) is 2.77. The fraction of sp³-hybridized carbons (Fsp3) is 0.238. The predicted octanol–water partition coefficient (Wildman–Crippen LogP) is 2.26. The molecule has 0 aliphatic heterocycles. The molecule has 156 valence electrons. The molecule has 0 saturated heterocycles. The summed E-state index contributed by atoms with van der Waals surface area (Å²) in [4.78, 5) is 24.8. The van der Waals surface area contributed by atoms with E-state index in [2.05, 4.69) is 15.5 Å². The number of aromatic nitrogens is 3. The van der Waals surface area contributed by atoms with Crippen LogP contribution >= 0.6 is 11.8 Å². The molecule has 8 nitrogen and oxygen atoms in total. The first-order valence-electron chi connectivity index (χ1n) is 9.19. The van der Waals surface area contributed by atoms with Crippen LogP contribution in [0.15, 0.2) is 59.8 Å². The van der Waals surface area contributed by atoms with Crippen molar-refractivity contribution in [3.8, 4) is 5.75 Å². The number of hydrogen-bond donors (Lipinski definition) is 2. The molecule has 0 unspecified atom stereocenters. The van der Waals surface area contributed by atoms with Crippen LogP contribution in [0.5, 0.6) is 5.75 Å². The highest BCUT2D eigenvalue weighted by atomic mass is 32.2. The summed E-state index contributed by atoms with van der Waals surface area (Å²) in [6, 6.07) is 14.9. The number of Topliss-reactive ketones (excluding diaryl/α,β-unsaturated/α-hetero) is 1. The second-order valence-corrected chi connectivity index (χ2v) is 7.36. The largest absolute Gasteiger partial charge is 0.497 e. The van der Waals surface area contributed by atoms with Gasteiger partial charge in [-0.2, -0.15) is 0 Å². The number of benzene rings is 2. The van der Waals surface area contributed by atoms with Crippen LogP contribution in [-0.2, 0) is 7.05 Å². The number of aliphatic hydroxyl groups excluding tert-OH is 1. The van der Waals surface area contributed by atoms with E-state index in [4.69, 9.17) is 4.74 Å². The molecule has 1 amide bonds. The summed E-state index contributed by atoms with van der Waals surface area (Å²) in [6.45, 7) is -0.346. The number of ketones is 1. The number of nitrogens with one attached hydrogen (secondary N) is 1. The van der Waals surface area contributed by atoms with Gasteiger partial charge in [-0.05, 0) is 24.3 Å². The lowest BCUT2D eigenvalue weighted by molar-refractivity contribution is 0.0911. The zero-order valence-corrected chi connectivity index (χ0v) is 17.4. The quantitative estimate of drug-likeness (QED) is 0.399. The van der Waals surface area contributed by atoms with Crippen LogP contribution in [0.1, 0.15) is 32.6 Å². The Labute approximate surface area is 178 Å². The summed E-state index contributed by atoms with van der Waals surface area (Å²) in [5, 5.41) is 21.2. The van der Waals surface area contributed by atoms with E-state index < -0.39 is 6.04 Å². The normalized spacial score (nSPS) is 11.7. The Balaban J connectivity index is 1.66. The lowest BCUT2D eigenvalue weighted by atomic mass is 10.2. The van der Waals surface area contributed by atoms with Crippen LogP contribution in [-0.4, -0.2) is 51.0 Å². The molecule has 3 aromatic rings. The van der Waals surface area contributed by atoms with E-state index in [9.17, 15) is 14.7 Å². The van der Waals surface area contributed by atoms with Crippen LogP contribution in [0.25, 0.3) is 0 Å². The Morgan fingerprint density at radius 2 is 1.80 bits per heavy atom. The van der Waals surface area contributed by atoms with E-state index in [-0.39, 0.29) is 24.1 Å². The Morgan fingerprint density at radius 1 is 1.10 bits per heavy atom. The van der Waals surface area contributed by atoms with E-state index in [0.29, 0.717) is 27.9 Å². The van der Waals surface area contributed by atoms with Crippen molar-refractivity contribution in [2.45, 2.75) is 11.2 Å². The molecule has 0 saturated carbocycles. The summed E-state index contributed by atoms with van der Waals surface area (Å²) in [5.41, 5.74) is 1.06. The zero-order valence-electron chi connectivity index (χ0n) is 16.6. The van der Waals surface area contributed by atoms with Crippen LogP contribution in [0.3, 0.4) is 0 Å². The Hall–Kier alpha value is -3.17. The van der Waals surface area contributed by atoms with Crippen molar-refractivity contribution in [3.63, 3.8) is 0 Å². The predicted molar refractivity (Wildman–Crippen MR) is 113 cm³/mol. The Bertz CT molecular complexity index is 1010. The first-order valence-corrected chi connectivity index (χ1v) is 10.2. The number of carbonyl (C=O) groups excluding carboxylic acids is 2. The minimum absolute atomic E-state index is 0.0170. The van der Waals surface area contributed by atoms with Gasteiger partial charge in [0.05, 0.1) is 19.5 Å². The van der Waals surface area contributed by atoms with Gasteiger partial charge in [-0.25, -0.2) is 0 Å². The first kappa shape index (κ1) is 21.5. The van der Waals surface area contributed by atoms with Crippen molar-refractivity contribution in [2.75, 3.05) is 19.5 Å². The average molecular weight is 426 g/mol. The highest BCUT2D eigenvalue weighted by molar-refractivity contribution is 7.99. The number of hydrogen-bond acceptors (Lipinski definition) is 7. The Kier molecular flexibility index (Phi) is 7.21. The highest BCUT2D eigenvalue weighted by Crippen LogP contribution is 2.21. The van der Waals surface area contributed by atoms with Gasteiger partial charge in [0.1, 0.15) is 11.8 Å². The highest BCUT2D eigenvalue weighted by Gasteiger charge is 2.22. The maximum absolute atomic E-state index is 12.5. The molecule has 0 aliphatic rings. The van der Waals surface area contributed by atoms with Gasteiger partial charge in [-0.15, -0.1) is 10.2 Å². The van der Waals surface area contributed by atoms with Crippen molar-refractivity contribution < 1.29 is 19.4 Å². The standard InChI is InChI=1S/C21H22N4O4S/c1-25-19(17(12-26)22-20(28)15-8-10-16(29-2)11-9-15)23-24-21(25)30-13-18(27)14-6-4-3-5-7-14/h3-11,17,26H,12-13H2,1-2H3,(H,22,28)/t17-/m0/s1. The molecular formula is C21H22N4O4S. The summed E-state index contributed by atoms with van der Waals surface area (Å²) in [7, 11) is 3.28. The molecule has 2 aromatic carbocycles. The van der Waals surface area contributed by atoms with Crippen LogP contribution in [0.4, 0.5) is 0 Å². The smallest absolute Gasteiger partial charge is 0.251 e. The lowest BCUT2D eigenvalue weighted by Crippen LogP contribution is -2.32. The molecular weight excluding hydrogens is 404 g/mol. The van der Waals surface area contributed by atoms with Gasteiger partial charge in [-0.3, -0.25) is 9.59 Å². The average Bonchev–Trinajstić information content (AvgIpc) is 3.16. The monoisotopic (exact) mass is 426 g/mol. The van der Waals surface area contributed by atoms with Gasteiger partial charge in [0.2, 0.25) is 0 Å². The number of methoxy groups -OCH3 is 1. The second kappa shape index (κ2) is 10.0. The molecule has 2 N–H and O–H groups in total. The molecule has 1 heterocycles. The van der Waals surface area contributed by atoms with Crippen molar-refractivity contribution in [2.24, 2.45) is 7.05 Å². The van der Waals surface area contributed by atoms with Crippen molar-refractivity contribution in [1.82, 2.24) is 20.1 Å². The molecule has 3 rings (SSSR count). The molecule has 0 aliphatic carbocycles. The van der Waals surface area contributed by atoms with Crippen LogP contribution in [0, 0.1) is 0 Å². The molecule has 0 radical (unpaired) electrons. The Morgan fingerprint density at radius 3 is 2.43 bits per heavy atom. The maximum Gasteiger partial charge on any atom is 0.251 e. The molecule has 0 spiro atoms. The number of aliphatic hydroxyl groups is 1. The van der Waals surface area contributed by atoms with E-state index in [1.165, 1.54) is 11.8 Å². The van der Waals surface area contributed by atoms with Gasteiger partial charge < -0.3 is 19.7 Å². The van der Waals surface area contributed by atoms with E-state index in [0.717, 1.165) is 0 Å². The molecule has 0 fully saturated rings. The van der Waals surface area contributed by atoms with Crippen molar-refractivity contribution in [3.05, 3.63) is 71.5 Å². The third-order valence-corrected chi connectivity index (χ3v) is 5.47. The summed E-state index contributed by atoms with van der Waals surface area (Å²) >= 11 is 1.25. The minimum atomic E-state index is -0.740. The third kappa shape index (κ3) is 5.05. The van der Waals surface area contributed by atoms with Crippen molar-refractivity contribution >= 4 is 23.5 Å².